The maximum atomic E-state index is 12.6. The fraction of sp³-hybridized carbons (Fsp3) is 0.211. The van der Waals surface area contributed by atoms with Gasteiger partial charge in [0.05, 0.1) is 0 Å². The van der Waals surface area contributed by atoms with Crippen molar-refractivity contribution in [2.75, 3.05) is 27.2 Å². The van der Waals surface area contributed by atoms with Gasteiger partial charge in [0.2, 0.25) is 0 Å². The first-order valence-corrected chi connectivity index (χ1v) is 9.12. The van der Waals surface area contributed by atoms with E-state index >= 15 is 0 Å². The summed E-state index contributed by atoms with van der Waals surface area (Å²) in [5, 5.41) is 13.2. The molecule has 0 radical (unpaired) electrons. The molecule has 0 aromatic heterocycles. The van der Waals surface area contributed by atoms with Gasteiger partial charge in [-0.25, -0.2) is 0 Å². The molecular formula is C19H23Cl4N5O2. The van der Waals surface area contributed by atoms with Crippen LogP contribution in [0.25, 0.3) is 11.1 Å². The highest BCUT2D eigenvalue weighted by Gasteiger charge is 2.16. The molecule has 0 saturated heterocycles. The Kier molecular flexibility index (Phi) is 11.8. The normalized spacial score (nSPS) is 9.90. The lowest BCUT2D eigenvalue weighted by molar-refractivity contribution is 0.0951. The monoisotopic (exact) mass is 493 g/mol. The van der Waals surface area contributed by atoms with E-state index in [0.29, 0.717) is 34.3 Å². The molecule has 0 unspecified atom stereocenters. The average molecular weight is 495 g/mol. The maximum absolute atomic E-state index is 12.6. The summed E-state index contributed by atoms with van der Waals surface area (Å²) >= 11 is 12.3. The minimum atomic E-state index is -0.602. The van der Waals surface area contributed by atoms with Crippen LogP contribution in [0, 0.1) is 5.41 Å². The van der Waals surface area contributed by atoms with E-state index in [1.54, 1.807) is 30.3 Å². The SMILES string of the molecule is CN(C)CCNC(=O)c1cc(C(=O)NC(=N)N)cc(-c2cc(Cl)ccc2Cl)c1.Cl.Cl. The molecular weight excluding hydrogens is 472 g/mol. The average Bonchev–Trinajstić information content (AvgIpc) is 2.62. The molecule has 164 valence electrons. The van der Waals surface area contributed by atoms with Crippen molar-refractivity contribution >= 4 is 65.8 Å². The van der Waals surface area contributed by atoms with Gasteiger partial charge in [-0.3, -0.25) is 20.3 Å². The number of nitrogens with zero attached hydrogens (tertiary/aromatic N) is 1. The van der Waals surface area contributed by atoms with Gasteiger partial charge in [-0.2, -0.15) is 0 Å². The number of nitrogens with two attached hydrogens (primary N) is 1. The van der Waals surface area contributed by atoms with Gasteiger partial charge in [0.1, 0.15) is 0 Å². The fourth-order valence-electron chi connectivity index (χ4n) is 2.45. The van der Waals surface area contributed by atoms with Gasteiger partial charge >= 0.3 is 0 Å². The second-order valence-electron chi connectivity index (χ2n) is 6.35. The van der Waals surface area contributed by atoms with Crippen molar-refractivity contribution in [1.82, 2.24) is 15.5 Å². The van der Waals surface area contributed by atoms with Gasteiger partial charge in [0.25, 0.3) is 11.8 Å². The highest BCUT2D eigenvalue weighted by molar-refractivity contribution is 6.35. The predicted octanol–water partition coefficient (Wildman–Crippen LogP) is 3.42. The molecule has 0 saturated carbocycles. The van der Waals surface area contributed by atoms with Crippen molar-refractivity contribution in [3.8, 4) is 11.1 Å². The molecule has 2 aromatic rings. The van der Waals surface area contributed by atoms with Crippen molar-refractivity contribution in [2.24, 2.45) is 5.73 Å². The first kappa shape index (κ1) is 28.0. The summed E-state index contributed by atoms with van der Waals surface area (Å²) in [6, 6.07) is 9.57. The van der Waals surface area contributed by atoms with E-state index in [0.717, 1.165) is 0 Å². The lowest BCUT2D eigenvalue weighted by Crippen LogP contribution is -2.36. The summed E-state index contributed by atoms with van der Waals surface area (Å²) in [5.41, 5.74) is 6.81. The van der Waals surface area contributed by atoms with Crippen LogP contribution >= 0.6 is 48.0 Å². The molecule has 0 aliphatic carbocycles. The molecule has 7 nitrogen and oxygen atoms in total. The van der Waals surface area contributed by atoms with E-state index in [1.807, 2.05) is 19.0 Å². The molecule has 0 atom stereocenters. The quantitative estimate of drug-likeness (QED) is 0.364. The number of rotatable bonds is 6. The van der Waals surface area contributed by atoms with E-state index in [4.69, 9.17) is 34.3 Å². The summed E-state index contributed by atoms with van der Waals surface area (Å²) in [6.07, 6.45) is 0. The number of carbonyl (C=O) groups excluding carboxylic acids is 2. The molecule has 0 heterocycles. The third-order valence-corrected chi connectivity index (χ3v) is 4.35. The molecule has 0 bridgehead atoms. The van der Waals surface area contributed by atoms with Crippen molar-refractivity contribution < 1.29 is 9.59 Å². The Balaban J connectivity index is 0.00000420. The number of benzene rings is 2. The van der Waals surface area contributed by atoms with E-state index in [9.17, 15) is 9.59 Å². The Morgan fingerprint density at radius 3 is 2.20 bits per heavy atom. The summed E-state index contributed by atoms with van der Waals surface area (Å²) in [7, 11) is 3.80. The van der Waals surface area contributed by atoms with Crippen LogP contribution in [0.4, 0.5) is 0 Å². The van der Waals surface area contributed by atoms with Gasteiger partial charge in [-0.15, -0.1) is 24.8 Å². The summed E-state index contributed by atoms with van der Waals surface area (Å²) < 4.78 is 0. The Labute approximate surface area is 197 Å². The third kappa shape index (κ3) is 8.01. The zero-order valence-electron chi connectivity index (χ0n) is 16.3. The Morgan fingerprint density at radius 1 is 1.03 bits per heavy atom. The standard InChI is InChI=1S/C19H21Cl2N5O2.2ClH/c1-26(2)6-5-24-17(27)12-7-11(15-10-14(20)3-4-16(15)21)8-13(9-12)18(28)25-19(22)23;;/h3-4,7-10H,5-6H2,1-2H3,(H,24,27)(H4,22,23,25,28);2*1H. The van der Waals surface area contributed by atoms with Crippen LogP contribution in [0.15, 0.2) is 36.4 Å². The number of carbonyl (C=O) groups is 2. The first-order chi connectivity index (χ1) is 13.2. The van der Waals surface area contributed by atoms with Crippen LogP contribution in [-0.4, -0.2) is 49.9 Å². The van der Waals surface area contributed by atoms with Crippen molar-refractivity contribution in [3.63, 3.8) is 0 Å². The third-order valence-electron chi connectivity index (χ3n) is 3.79. The first-order valence-electron chi connectivity index (χ1n) is 8.36. The summed E-state index contributed by atoms with van der Waals surface area (Å²) in [6.45, 7) is 1.12. The van der Waals surface area contributed by atoms with Crippen LogP contribution in [0.3, 0.4) is 0 Å². The van der Waals surface area contributed by atoms with Crippen molar-refractivity contribution in [1.29, 1.82) is 5.41 Å². The van der Waals surface area contributed by atoms with E-state index in [1.165, 1.54) is 6.07 Å². The van der Waals surface area contributed by atoms with Gasteiger partial charge in [0, 0.05) is 39.8 Å². The Morgan fingerprint density at radius 2 is 1.63 bits per heavy atom. The largest absolute Gasteiger partial charge is 0.370 e. The lowest BCUT2D eigenvalue weighted by Gasteiger charge is -2.13. The summed E-state index contributed by atoms with van der Waals surface area (Å²) in [5.74, 6) is -1.43. The molecule has 11 heteroatoms. The number of hydrogen-bond acceptors (Lipinski definition) is 4. The zero-order chi connectivity index (χ0) is 20.8. The van der Waals surface area contributed by atoms with E-state index in [2.05, 4.69) is 10.6 Å². The molecule has 2 aromatic carbocycles. The van der Waals surface area contributed by atoms with E-state index in [-0.39, 0.29) is 41.8 Å². The van der Waals surface area contributed by atoms with Crippen LogP contribution < -0.4 is 16.4 Å². The molecule has 0 fully saturated rings. The molecule has 2 rings (SSSR count). The van der Waals surface area contributed by atoms with Gasteiger partial charge in [-0.05, 0) is 56.1 Å². The lowest BCUT2D eigenvalue weighted by atomic mass is 9.98. The Bertz CT molecular complexity index is 922. The highest BCUT2D eigenvalue weighted by Crippen LogP contribution is 2.32. The molecule has 30 heavy (non-hydrogen) atoms. The number of amides is 2. The molecule has 0 aliphatic heterocycles. The number of hydrogen-bond donors (Lipinski definition) is 4. The second kappa shape index (κ2) is 12.6. The highest BCUT2D eigenvalue weighted by atomic mass is 35.5. The Hall–Kier alpha value is -2.03. The van der Waals surface area contributed by atoms with Crippen LogP contribution in [0.5, 0.6) is 0 Å². The van der Waals surface area contributed by atoms with Crippen LogP contribution in [-0.2, 0) is 0 Å². The fourth-order valence-corrected chi connectivity index (χ4v) is 2.85. The molecule has 5 N–H and O–H groups in total. The van der Waals surface area contributed by atoms with Gasteiger partial charge in [0.15, 0.2) is 5.96 Å². The maximum Gasteiger partial charge on any atom is 0.257 e. The smallest absolute Gasteiger partial charge is 0.257 e. The molecule has 0 aliphatic rings. The topological polar surface area (TPSA) is 111 Å². The van der Waals surface area contributed by atoms with Crippen molar-refractivity contribution in [3.05, 3.63) is 57.6 Å². The van der Waals surface area contributed by atoms with Gasteiger partial charge < -0.3 is 16.0 Å². The van der Waals surface area contributed by atoms with Crippen LogP contribution in [0.2, 0.25) is 10.0 Å². The number of likely N-dealkylation sites (N-methyl/N-ethyl adjacent to an activating group) is 1. The number of halogens is 4. The zero-order valence-corrected chi connectivity index (χ0v) is 19.4. The molecule has 0 spiro atoms. The predicted molar refractivity (Wildman–Crippen MR) is 127 cm³/mol. The number of nitrogens with one attached hydrogen (secondary N) is 3. The second-order valence-corrected chi connectivity index (χ2v) is 7.19. The minimum absolute atomic E-state index is 0. The number of guanidine groups is 1. The van der Waals surface area contributed by atoms with Crippen molar-refractivity contribution in [2.45, 2.75) is 0 Å². The van der Waals surface area contributed by atoms with Gasteiger partial charge in [-0.1, -0.05) is 23.2 Å². The molecule has 2 amide bonds. The van der Waals surface area contributed by atoms with E-state index < -0.39 is 11.9 Å². The van der Waals surface area contributed by atoms with Crippen LogP contribution in [0.1, 0.15) is 20.7 Å². The summed E-state index contributed by atoms with van der Waals surface area (Å²) in [4.78, 5) is 26.8. The minimum Gasteiger partial charge on any atom is -0.370 e.